The zero-order valence-electron chi connectivity index (χ0n) is 12.3. The number of anilines is 1. The van der Waals surface area contributed by atoms with Crippen LogP contribution in [0, 0.1) is 18.7 Å². The first kappa shape index (κ1) is 13.8. The van der Waals surface area contributed by atoms with Crippen molar-refractivity contribution < 1.29 is 4.39 Å². The second-order valence-electron chi connectivity index (χ2n) is 6.17. The van der Waals surface area contributed by atoms with Crippen molar-refractivity contribution in [3.05, 3.63) is 76.1 Å². The van der Waals surface area contributed by atoms with Gasteiger partial charge in [0.05, 0.1) is 6.04 Å². The maximum atomic E-state index is 13.6. The van der Waals surface area contributed by atoms with Gasteiger partial charge in [0.15, 0.2) is 0 Å². The van der Waals surface area contributed by atoms with Gasteiger partial charge >= 0.3 is 0 Å². The Hall–Kier alpha value is -1.80. The highest BCUT2D eigenvalue weighted by molar-refractivity contribution is 6.31. The van der Waals surface area contributed by atoms with Gasteiger partial charge in [-0.05, 0) is 54.2 Å². The first-order valence-electron chi connectivity index (χ1n) is 7.63. The summed E-state index contributed by atoms with van der Waals surface area (Å²) in [5, 5.41) is 4.40. The highest BCUT2D eigenvalue weighted by Gasteiger charge is 2.38. The molecule has 2 aromatic carbocycles. The van der Waals surface area contributed by atoms with Crippen LogP contribution < -0.4 is 5.32 Å². The minimum absolute atomic E-state index is 0.111. The summed E-state index contributed by atoms with van der Waals surface area (Å²) in [5.74, 6) is 0.616. The van der Waals surface area contributed by atoms with Crippen LogP contribution in [0.1, 0.15) is 35.1 Å². The zero-order valence-corrected chi connectivity index (χ0v) is 13.1. The van der Waals surface area contributed by atoms with Crippen molar-refractivity contribution in [1.82, 2.24) is 0 Å². The van der Waals surface area contributed by atoms with Gasteiger partial charge in [-0.15, -0.1) is 0 Å². The Bertz CT molecular complexity index is 768. The summed E-state index contributed by atoms with van der Waals surface area (Å²) < 4.78 is 13.6. The fourth-order valence-electron chi connectivity index (χ4n) is 3.82. The summed E-state index contributed by atoms with van der Waals surface area (Å²) in [5.41, 5.74) is 4.48. The van der Waals surface area contributed by atoms with E-state index in [-0.39, 0.29) is 11.9 Å². The van der Waals surface area contributed by atoms with Gasteiger partial charge in [0.25, 0.3) is 0 Å². The van der Waals surface area contributed by atoms with Crippen LogP contribution in [0.4, 0.5) is 10.1 Å². The Kier molecular flexibility index (Phi) is 3.23. The molecule has 22 heavy (non-hydrogen) atoms. The molecule has 1 aliphatic heterocycles. The van der Waals surface area contributed by atoms with E-state index in [0.29, 0.717) is 11.8 Å². The van der Waals surface area contributed by atoms with Crippen LogP contribution in [0.15, 0.2) is 48.6 Å². The third kappa shape index (κ3) is 2.05. The molecular weight excluding hydrogens is 297 g/mol. The lowest BCUT2D eigenvalue weighted by Crippen LogP contribution is -2.29. The normalized spacial score (nSPS) is 25.5. The number of allylic oxidation sites excluding steroid dienone is 2. The number of halogens is 2. The Morgan fingerprint density at radius 3 is 2.91 bits per heavy atom. The van der Waals surface area contributed by atoms with Crippen molar-refractivity contribution in [2.24, 2.45) is 5.92 Å². The van der Waals surface area contributed by atoms with E-state index in [1.165, 1.54) is 11.6 Å². The highest BCUT2D eigenvalue weighted by atomic mass is 35.5. The molecule has 3 heteroatoms. The fraction of sp³-hybridized carbons (Fsp3) is 0.263. The van der Waals surface area contributed by atoms with Crippen LogP contribution in [0.2, 0.25) is 5.02 Å². The van der Waals surface area contributed by atoms with E-state index in [0.717, 1.165) is 28.3 Å². The zero-order chi connectivity index (χ0) is 15.3. The van der Waals surface area contributed by atoms with Crippen LogP contribution in [0.5, 0.6) is 0 Å². The molecule has 1 N–H and O–H groups in total. The second-order valence-corrected chi connectivity index (χ2v) is 6.57. The molecule has 1 heterocycles. The summed E-state index contributed by atoms with van der Waals surface area (Å²) in [6.07, 6.45) is 5.53. The molecule has 0 amide bonds. The maximum Gasteiger partial charge on any atom is 0.123 e. The van der Waals surface area contributed by atoms with E-state index in [2.05, 4.69) is 23.5 Å². The van der Waals surface area contributed by atoms with Gasteiger partial charge in [-0.1, -0.05) is 42.0 Å². The third-order valence-electron chi connectivity index (χ3n) is 4.94. The Labute approximate surface area is 134 Å². The largest absolute Gasteiger partial charge is 0.377 e. The van der Waals surface area contributed by atoms with E-state index >= 15 is 0 Å². The van der Waals surface area contributed by atoms with E-state index in [1.807, 2.05) is 19.1 Å². The number of rotatable bonds is 1. The van der Waals surface area contributed by atoms with E-state index < -0.39 is 0 Å². The summed E-state index contributed by atoms with van der Waals surface area (Å²) in [6, 6.07) is 11.1. The molecule has 1 nitrogen and oxygen atoms in total. The Morgan fingerprint density at radius 2 is 2.09 bits per heavy atom. The van der Waals surface area contributed by atoms with Crippen molar-refractivity contribution in [3.8, 4) is 0 Å². The molecule has 2 aliphatic rings. The Balaban J connectivity index is 1.84. The molecule has 0 saturated heterocycles. The lowest BCUT2D eigenvalue weighted by molar-refractivity contribution is 0.424. The van der Waals surface area contributed by atoms with Gasteiger partial charge in [0.2, 0.25) is 0 Å². The lowest BCUT2D eigenvalue weighted by Gasteiger charge is -2.38. The first-order valence-corrected chi connectivity index (χ1v) is 8.00. The predicted molar refractivity (Wildman–Crippen MR) is 88.9 cm³/mol. The summed E-state index contributed by atoms with van der Waals surface area (Å²) in [7, 11) is 0. The molecule has 4 rings (SSSR count). The number of fused-ring (bicyclic) bond motifs is 3. The molecule has 3 atom stereocenters. The van der Waals surface area contributed by atoms with Crippen LogP contribution in [0.25, 0.3) is 0 Å². The Morgan fingerprint density at radius 1 is 1.23 bits per heavy atom. The summed E-state index contributed by atoms with van der Waals surface area (Å²) in [4.78, 5) is 0. The van der Waals surface area contributed by atoms with Gasteiger partial charge in [-0.25, -0.2) is 4.39 Å². The molecule has 2 aromatic rings. The first-order chi connectivity index (χ1) is 10.6. The molecule has 0 fully saturated rings. The van der Waals surface area contributed by atoms with Crippen LogP contribution in [-0.2, 0) is 0 Å². The van der Waals surface area contributed by atoms with Gasteiger partial charge in [0, 0.05) is 16.6 Å². The molecule has 0 unspecified atom stereocenters. The maximum absolute atomic E-state index is 13.6. The van der Waals surface area contributed by atoms with Crippen LogP contribution >= 0.6 is 11.6 Å². The summed E-state index contributed by atoms with van der Waals surface area (Å²) in [6.45, 7) is 2.04. The molecule has 1 aliphatic carbocycles. The molecule has 0 aromatic heterocycles. The standard InChI is InChI=1S/C19H17ClFN/c1-11-17(20)9-8-16-14-6-3-7-15(14)19(22-18(11)16)12-4-2-5-13(21)10-12/h2-6,8-10,14-15,19,22H,7H2,1H3/t14-,15+,19+/m0/s1. The van der Waals surface area contributed by atoms with Gasteiger partial charge in [-0.2, -0.15) is 0 Å². The number of benzene rings is 2. The van der Waals surface area contributed by atoms with Gasteiger partial charge in [-0.3, -0.25) is 0 Å². The molecular formula is C19H17ClFN. The van der Waals surface area contributed by atoms with Crippen molar-refractivity contribution in [2.45, 2.75) is 25.3 Å². The minimum atomic E-state index is -0.185. The minimum Gasteiger partial charge on any atom is -0.377 e. The van der Waals surface area contributed by atoms with E-state index in [4.69, 9.17) is 11.6 Å². The van der Waals surface area contributed by atoms with Crippen LogP contribution in [0.3, 0.4) is 0 Å². The monoisotopic (exact) mass is 313 g/mol. The molecule has 0 bridgehead atoms. The quantitative estimate of drug-likeness (QED) is 0.674. The third-order valence-corrected chi connectivity index (χ3v) is 5.35. The predicted octanol–water partition coefficient (Wildman–Crippen LogP) is 5.61. The van der Waals surface area contributed by atoms with E-state index in [1.54, 1.807) is 12.1 Å². The average Bonchev–Trinajstić information content (AvgIpc) is 3.00. The number of nitrogens with one attached hydrogen (secondary N) is 1. The summed E-state index contributed by atoms with van der Waals surface area (Å²) >= 11 is 6.29. The van der Waals surface area contributed by atoms with Crippen molar-refractivity contribution >= 4 is 17.3 Å². The smallest absolute Gasteiger partial charge is 0.123 e. The highest BCUT2D eigenvalue weighted by Crippen LogP contribution is 2.51. The lowest BCUT2D eigenvalue weighted by atomic mass is 9.76. The molecule has 0 saturated carbocycles. The fourth-order valence-corrected chi connectivity index (χ4v) is 3.98. The average molecular weight is 314 g/mol. The molecule has 112 valence electrons. The SMILES string of the molecule is Cc1c(Cl)ccc2c1N[C@H](c1cccc(F)c1)[C@@H]1CC=C[C@H]21. The van der Waals surface area contributed by atoms with Crippen molar-refractivity contribution in [3.63, 3.8) is 0 Å². The topological polar surface area (TPSA) is 12.0 Å². The van der Waals surface area contributed by atoms with Crippen molar-refractivity contribution in [1.29, 1.82) is 0 Å². The van der Waals surface area contributed by atoms with E-state index in [9.17, 15) is 4.39 Å². The molecule has 0 radical (unpaired) electrons. The van der Waals surface area contributed by atoms with Gasteiger partial charge in [0.1, 0.15) is 5.82 Å². The van der Waals surface area contributed by atoms with Crippen molar-refractivity contribution in [2.75, 3.05) is 5.32 Å². The number of hydrogen-bond acceptors (Lipinski definition) is 1. The van der Waals surface area contributed by atoms with Gasteiger partial charge < -0.3 is 5.32 Å². The molecule has 0 spiro atoms. The second kappa shape index (κ2) is 5.13. The number of hydrogen-bond donors (Lipinski definition) is 1. The van der Waals surface area contributed by atoms with Crippen LogP contribution in [-0.4, -0.2) is 0 Å².